The van der Waals surface area contributed by atoms with Crippen molar-refractivity contribution in [2.75, 3.05) is 13.1 Å². The largest absolute Gasteiger partial charge is 0.392 e. The molecule has 1 unspecified atom stereocenters. The summed E-state index contributed by atoms with van der Waals surface area (Å²) >= 11 is 0. The molecule has 0 amide bonds. The van der Waals surface area contributed by atoms with Crippen LogP contribution in [0.5, 0.6) is 0 Å². The van der Waals surface area contributed by atoms with Gasteiger partial charge in [-0.25, -0.2) is 0 Å². The van der Waals surface area contributed by atoms with Crippen molar-refractivity contribution in [3.8, 4) is 0 Å². The number of aliphatic hydroxyl groups is 1. The minimum absolute atomic E-state index is 0.104. The van der Waals surface area contributed by atoms with E-state index >= 15 is 0 Å². The molecule has 0 aromatic carbocycles. The Morgan fingerprint density at radius 3 is 2.18 bits per heavy atom. The molecule has 1 saturated heterocycles. The Morgan fingerprint density at radius 1 is 1.06 bits per heavy atom. The summed E-state index contributed by atoms with van der Waals surface area (Å²) in [4.78, 5) is 0. The van der Waals surface area contributed by atoms with Crippen LogP contribution in [0.25, 0.3) is 0 Å². The second kappa shape index (κ2) is 5.71. The van der Waals surface area contributed by atoms with Crippen LogP contribution in [0.2, 0.25) is 0 Å². The molecule has 1 heterocycles. The number of piperidine rings is 1. The molecule has 0 aromatic heterocycles. The first-order chi connectivity index (χ1) is 8.17. The summed E-state index contributed by atoms with van der Waals surface area (Å²) in [7, 11) is 0. The predicted molar refractivity (Wildman–Crippen MR) is 72.0 cm³/mol. The third-order valence-corrected chi connectivity index (χ3v) is 5.17. The van der Waals surface area contributed by atoms with E-state index in [1.165, 1.54) is 44.9 Å². The molecule has 2 nitrogen and oxygen atoms in total. The van der Waals surface area contributed by atoms with Gasteiger partial charge in [0.1, 0.15) is 0 Å². The van der Waals surface area contributed by atoms with Crippen LogP contribution < -0.4 is 5.32 Å². The van der Waals surface area contributed by atoms with E-state index in [2.05, 4.69) is 19.2 Å². The van der Waals surface area contributed by atoms with E-state index < -0.39 is 0 Å². The zero-order valence-corrected chi connectivity index (χ0v) is 11.5. The van der Waals surface area contributed by atoms with E-state index in [4.69, 9.17) is 0 Å². The molecule has 0 aromatic rings. The van der Waals surface area contributed by atoms with Gasteiger partial charge in [-0.15, -0.1) is 0 Å². The molecule has 0 spiro atoms. The second-order valence-electron chi connectivity index (χ2n) is 6.51. The lowest BCUT2D eigenvalue weighted by atomic mass is 9.59. The maximum absolute atomic E-state index is 10.7. The molecule has 1 aliphatic heterocycles. The predicted octanol–water partition coefficient (Wildman–Crippen LogP) is 2.95. The van der Waals surface area contributed by atoms with E-state index in [0.717, 1.165) is 19.0 Å². The first kappa shape index (κ1) is 13.4. The summed E-state index contributed by atoms with van der Waals surface area (Å²) in [5.41, 5.74) is 0.222. The van der Waals surface area contributed by atoms with Gasteiger partial charge in [0.2, 0.25) is 0 Å². The standard InChI is InChI=1S/C15H29NO/c1-12(2)14(17)15(8-10-16-11-9-15)13-6-4-3-5-7-13/h12-14,16-17H,3-11H2,1-2H3. The lowest BCUT2D eigenvalue weighted by Gasteiger charge is -2.50. The van der Waals surface area contributed by atoms with Crippen LogP contribution in [-0.2, 0) is 0 Å². The van der Waals surface area contributed by atoms with Crippen LogP contribution in [0.4, 0.5) is 0 Å². The fourth-order valence-corrected chi connectivity index (χ4v) is 4.18. The molecule has 2 N–H and O–H groups in total. The van der Waals surface area contributed by atoms with Gasteiger partial charge in [0.15, 0.2) is 0 Å². The number of hydrogen-bond acceptors (Lipinski definition) is 2. The van der Waals surface area contributed by atoms with Crippen LogP contribution >= 0.6 is 0 Å². The second-order valence-corrected chi connectivity index (χ2v) is 6.51. The van der Waals surface area contributed by atoms with Gasteiger partial charge in [0.25, 0.3) is 0 Å². The van der Waals surface area contributed by atoms with Crippen molar-refractivity contribution in [1.29, 1.82) is 0 Å². The van der Waals surface area contributed by atoms with Crippen LogP contribution in [0.1, 0.15) is 58.8 Å². The van der Waals surface area contributed by atoms with Crippen LogP contribution in [0.3, 0.4) is 0 Å². The normalized spacial score (nSPS) is 28.2. The molecule has 100 valence electrons. The number of rotatable bonds is 3. The highest BCUT2D eigenvalue weighted by Gasteiger charge is 2.46. The van der Waals surface area contributed by atoms with Gasteiger partial charge < -0.3 is 10.4 Å². The Kier molecular flexibility index (Phi) is 4.48. The molecule has 0 radical (unpaired) electrons. The average Bonchev–Trinajstić information content (AvgIpc) is 2.39. The van der Waals surface area contributed by atoms with Crippen molar-refractivity contribution in [2.24, 2.45) is 17.3 Å². The number of hydrogen-bond donors (Lipinski definition) is 2. The van der Waals surface area contributed by atoms with Gasteiger partial charge in [0.05, 0.1) is 6.10 Å². The van der Waals surface area contributed by atoms with Gasteiger partial charge in [0, 0.05) is 5.41 Å². The molecule has 17 heavy (non-hydrogen) atoms. The van der Waals surface area contributed by atoms with Gasteiger partial charge in [-0.3, -0.25) is 0 Å². The molecular weight excluding hydrogens is 210 g/mol. The highest BCUT2D eigenvalue weighted by molar-refractivity contribution is 4.97. The zero-order chi connectivity index (χ0) is 12.3. The Labute approximate surface area is 106 Å². The Balaban J connectivity index is 2.15. The van der Waals surface area contributed by atoms with Crippen molar-refractivity contribution < 1.29 is 5.11 Å². The smallest absolute Gasteiger partial charge is 0.0622 e. The number of aliphatic hydroxyl groups excluding tert-OH is 1. The Morgan fingerprint density at radius 2 is 1.65 bits per heavy atom. The molecule has 2 heteroatoms. The van der Waals surface area contributed by atoms with Crippen LogP contribution in [0, 0.1) is 17.3 Å². The lowest BCUT2D eigenvalue weighted by molar-refractivity contribution is -0.0773. The fourth-order valence-electron chi connectivity index (χ4n) is 4.18. The third kappa shape index (κ3) is 2.68. The molecule has 1 saturated carbocycles. The quantitative estimate of drug-likeness (QED) is 0.793. The van der Waals surface area contributed by atoms with Crippen molar-refractivity contribution >= 4 is 0 Å². The summed E-state index contributed by atoms with van der Waals surface area (Å²) < 4.78 is 0. The highest BCUT2D eigenvalue weighted by atomic mass is 16.3. The van der Waals surface area contributed by atoms with Crippen LogP contribution in [-0.4, -0.2) is 24.3 Å². The molecule has 0 bridgehead atoms. The fraction of sp³-hybridized carbons (Fsp3) is 1.00. The first-order valence-corrected chi connectivity index (χ1v) is 7.55. The summed E-state index contributed by atoms with van der Waals surface area (Å²) in [6.07, 6.45) is 9.12. The maximum atomic E-state index is 10.7. The number of nitrogens with one attached hydrogen (secondary N) is 1. The third-order valence-electron chi connectivity index (χ3n) is 5.17. The molecule has 2 rings (SSSR count). The van der Waals surface area contributed by atoms with E-state index in [0.29, 0.717) is 5.92 Å². The van der Waals surface area contributed by atoms with Gasteiger partial charge in [-0.1, -0.05) is 33.1 Å². The zero-order valence-electron chi connectivity index (χ0n) is 11.5. The summed E-state index contributed by atoms with van der Waals surface area (Å²) in [6.45, 7) is 6.55. The Hall–Kier alpha value is -0.0800. The molecule has 1 atom stereocenters. The molecule has 1 aliphatic carbocycles. The minimum Gasteiger partial charge on any atom is -0.392 e. The van der Waals surface area contributed by atoms with Crippen molar-refractivity contribution in [1.82, 2.24) is 5.32 Å². The SMILES string of the molecule is CC(C)C(O)C1(C2CCCCC2)CCNCC1. The first-order valence-electron chi connectivity index (χ1n) is 7.55. The van der Waals surface area contributed by atoms with Crippen LogP contribution in [0.15, 0.2) is 0 Å². The van der Waals surface area contributed by atoms with E-state index in [1.807, 2.05) is 0 Å². The lowest BCUT2D eigenvalue weighted by Crippen LogP contribution is -2.51. The van der Waals surface area contributed by atoms with E-state index in [9.17, 15) is 5.11 Å². The summed E-state index contributed by atoms with van der Waals surface area (Å²) in [5, 5.41) is 14.2. The minimum atomic E-state index is -0.104. The van der Waals surface area contributed by atoms with E-state index in [-0.39, 0.29) is 11.5 Å². The highest BCUT2D eigenvalue weighted by Crippen LogP contribution is 2.48. The van der Waals surface area contributed by atoms with E-state index in [1.54, 1.807) is 0 Å². The van der Waals surface area contributed by atoms with Gasteiger partial charge in [-0.05, 0) is 50.6 Å². The molecule has 2 aliphatic rings. The van der Waals surface area contributed by atoms with Gasteiger partial charge in [-0.2, -0.15) is 0 Å². The maximum Gasteiger partial charge on any atom is 0.0622 e. The topological polar surface area (TPSA) is 32.3 Å². The summed E-state index contributed by atoms with van der Waals surface area (Å²) in [6, 6.07) is 0. The van der Waals surface area contributed by atoms with Gasteiger partial charge >= 0.3 is 0 Å². The monoisotopic (exact) mass is 239 g/mol. The molecule has 2 fully saturated rings. The van der Waals surface area contributed by atoms with Crippen molar-refractivity contribution in [2.45, 2.75) is 64.9 Å². The molecular formula is C15H29NO. The van der Waals surface area contributed by atoms with Crippen molar-refractivity contribution in [3.05, 3.63) is 0 Å². The van der Waals surface area contributed by atoms with Crippen molar-refractivity contribution in [3.63, 3.8) is 0 Å². The summed E-state index contributed by atoms with van der Waals surface area (Å²) in [5.74, 6) is 1.17. The Bertz CT molecular complexity index is 227. The average molecular weight is 239 g/mol.